The van der Waals surface area contributed by atoms with E-state index in [4.69, 9.17) is 4.74 Å². The molecule has 0 aliphatic heterocycles. The highest BCUT2D eigenvalue weighted by molar-refractivity contribution is 7.89. The van der Waals surface area contributed by atoms with Crippen LogP contribution in [-0.2, 0) is 14.8 Å². The number of hydrogen-bond acceptors (Lipinski definition) is 4. The minimum Gasteiger partial charge on any atom is -0.507 e. The Hall–Kier alpha value is -1.11. The van der Waals surface area contributed by atoms with Crippen LogP contribution in [0.3, 0.4) is 0 Å². The number of aromatic hydroxyl groups is 1. The molecule has 1 aromatic rings. The molecule has 0 bridgehead atoms. The largest absolute Gasteiger partial charge is 0.507 e. The summed E-state index contributed by atoms with van der Waals surface area (Å²) in [4.78, 5) is -0.122. The van der Waals surface area contributed by atoms with Crippen LogP contribution in [0.5, 0.6) is 5.75 Å². The molecule has 17 heavy (non-hydrogen) atoms. The molecule has 1 unspecified atom stereocenters. The van der Waals surface area contributed by atoms with Gasteiger partial charge in [-0.3, -0.25) is 0 Å². The number of nitrogens with one attached hydrogen (secondary N) is 1. The second-order valence-corrected chi connectivity index (χ2v) is 5.32. The van der Waals surface area contributed by atoms with Crippen LogP contribution >= 0.6 is 0 Å². The van der Waals surface area contributed by atoms with Gasteiger partial charge in [0.05, 0.1) is 6.10 Å². The molecule has 0 fully saturated rings. The molecule has 96 valence electrons. The second kappa shape index (κ2) is 6.00. The molecule has 2 N–H and O–H groups in total. The highest BCUT2D eigenvalue weighted by atomic mass is 32.2. The van der Waals surface area contributed by atoms with Crippen LogP contribution in [0.1, 0.15) is 13.8 Å². The molecule has 0 aliphatic carbocycles. The molecule has 6 heteroatoms. The summed E-state index contributed by atoms with van der Waals surface area (Å²) >= 11 is 0. The van der Waals surface area contributed by atoms with E-state index in [1.54, 1.807) is 19.1 Å². The molecule has 1 aromatic carbocycles. The number of benzene rings is 1. The number of para-hydroxylation sites is 1. The lowest BCUT2D eigenvalue weighted by molar-refractivity contribution is 0.0799. The lowest BCUT2D eigenvalue weighted by Gasteiger charge is -2.13. The van der Waals surface area contributed by atoms with Crippen molar-refractivity contribution in [1.29, 1.82) is 0 Å². The summed E-state index contributed by atoms with van der Waals surface area (Å²) in [7, 11) is -3.68. The van der Waals surface area contributed by atoms with Gasteiger partial charge in [0.1, 0.15) is 10.6 Å². The van der Waals surface area contributed by atoms with E-state index in [1.165, 1.54) is 12.1 Å². The Kier molecular flexibility index (Phi) is 4.92. The maximum absolute atomic E-state index is 11.8. The number of hydrogen-bond donors (Lipinski definition) is 2. The van der Waals surface area contributed by atoms with E-state index in [-0.39, 0.29) is 23.3 Å². The van der Waals surface area contributed by atoms with Crippen molar-refractivity contribution in [1.82, 2.24) is 4.72 Å². The van der Waals surface area contributed by atoms with Crippen molar-refractivity contribution in [3.05, 3.63) is 24.3 Å². The Balaban J connectivity index is 2.73. The van der Waals surface area contributed by atoms with Crippen molar-refractivity contribution in [3.63, 3.8) is 0 Å². The van der Waals surface area contributed by atoms with Gasteiger partial charge in [0.15, 0.2) is 0 Å². The summed E-state index contributed by atoms with van der Waals surface area (Å²) in [5.41, 5.74) is 0. The number of phenols is 1. The fourth-order valence-electron chi connectivity index (χ4n) is 1.33. The van der Waals surface area contributed by atoms with Crippen molar-refractivity contribution in [2.45, 2.75) is 24.8 Å². The lowest BCUT2D eigenvalue weighted by Crippen LogP contribution is -2.32. The van der Waals surface area contributed by atoms with Gasteiger partial charge in [0, 0.05) is 13.2 Å². The molecule has 0 radical (unpaired) electrons. The van der Waals surface area contributed by atoms with Crippen LogP contribution in [-0.4, -0.2) is 32.8 Å². The normalized spacial score (nSPS) is 13.5. The molecular weight excluding hydrogens is 242 g/mol. The van der Waals surface area contributed by atoms with Crippen LogP contribution in [0.4, 0.5) is 0 Å². The van der Waals surface area contributed by atoms with Crippen molar-refractivity contribution >= 4 is 10.0 Å². The van der Waals surface area contributed by atoms with Crippen LogP contribution < -0.4 is 4.72 Å². The predicted octanol–water partition coefficient (Wildman–Crippen LogP) is 1.10. The third kappa shape index (κ3) is 3.99. The summed E-state index contributed by atoms with van der Waals surface area (Å²) in [6.45, 7) is 4.31. The summed E-state index contributed by atoms with van der Waals surface area (Å²) in [5, 5.41) is 9.46. The molecule has 0 aromatic heterocycles. The Morgan fingerprint density at radius 1 is 1.41 bits per heavy atom. The first-order valence-electron chi connectivity index (χ1n) is 5.36. The maximum atomic E-state index is 11.8. The minimum absolute atomic E-state index is 0.122. The van der Waals surface area contributed by atoms with Crippen LogP contribution in [0.2, 0.25) is 0 Å². The van der Waals surface area contributed by atoms with E-state index in [9.17, 15) is 13.5 Å². The first-order chi connectivity index (χ1) is 7.97. The molecule has 5 nitrogen and oxygen atoms in total. The number of sulfonamides is 1. The lowest BCUT2D eigenvalue weighted by atomic mass is 10.3. The van der Waals surface area contributed by atoms with Crippen molar-refractivity contribution in [3.8, 4) is 5.75 Å². The third-order valence-electron chi connectivity index (χ3n) is 2.17. The van der Waals surface area contributed by atoms with Gasteiger partial charge in [-0.25, -0.2) is 13.1 Å². The first-order valence-corrected chi connectivity index (χ1v) is 6.85. The quantitative estimate of drug-likeness (QED) is 0.802. The van der Waals surface area contributed by atoms with Crippen molar-refractivity contribution in [2.75, 3.05) is 13.2 Å². The molecule has 0 heterocycles. The van der Waals surface area contributed by atoms with Gasteiger partial charge in [-0.2, -0.15) is 0 Å². The topological polar surface area (TPSA) is 75.6 Å². The maximum Gasteiger partial charge on any atom is 0.244 e. The predicted molar refractivity (Wildman–Crippen MR) is 64.4 cm³/mol. The van der Waals surface area contributed by atoms with Crippen molar-refractivity contribution in [2.24, 2.45) is 0 Å². The Labute approximate surface area is 101 Å². The van der Waals surface area contributed by atoms with E-state index in [0.29, 0.717) is 6.61 Å². The Morgan fingerprint density at radius 3 is 2.65 bits per heavy atom. The average molecular weight is 259 g/mol. The molecule has 0 saturated carbocycles. The second-order valence-electron chi connectivity index (χ2n) is 3.59. The number of ether oxygens (including phenoxy) is 1. The average Bonchev–Trinajstić information content (AvgIpc) is 2.27. The van der Waals surface area contributed by atoms with Gasteiger partial charge in [0.2, 0.25) is 10.0 Å². The summed E-state index contributed by atoms with van der Waals surface area (Å²) in [6.07, 6.45) is -0.208. The SMILES string of the molecule is CCOC(C)CNS(=O)(=O)c1ccccc1O. The molecular formula is C11H17NO4S. The standard InChI is InChI=1S/C11H17NO4S/c1-3-16-9(2)8-12-17(14,15)11-7-5-4-6-10(11)13/h4-7,9,12-13H,3,8H2,1-2H3. The van der Waals surface area contributed by atoms with Crippen molar-refractivity contribution < 1.29 is 18.3 Å². The summed E-state index contributed by atoms with van der Waals surface area (Å²) in [5.74, 6) is -0.260. The molecule has 0 spiro atoms. The molecule has 1 rings (SSSR count). The fraction of sp³-hybridized carbons (Fsp3) is 0.455. The van der Waals surface area contributed by atoms with Gasteiger partial charge < -0.3 is 9.84 Å². The van der Waals surface area contributed by atoms with E-state index in [1.807, 2.05) is 6.92 Å². The highest BCUT2D eigenvalue weighted by Gasteiger charge is 2.18. The molecule has 0 amide bonds. The molecule has 0 aliphatic rings. The molecule has 1 atom stereocenters. The number of phenolic OH excluding ortho intramolecular Hbond substituents is 1. The highest BCUT2D eigenvalue weighted by Crippen LogP contribution is 2.20. The zero-order valence-corrected chi connectivity index (χ0v) is 10.7. The smallest absolute Gasteiger partial charge is 0.244 e. The first kappa shape index (κ1) is 14.0. The van der Waals surface area contributed by atoms with Crippen LogP contribution in [0.25, 0.3) is 0 Å². The van der Waals surface area contributed by atoms with Crippen LogP contribution in [0, 0.1) is 0 Å². The monoisotopic (exact) mass is 259 g/mol. The van der Waals surface area contributed by atoms with E-state index in [0.717, 1.165) is 0 Å². The van der Waals surface area contributed by atoms with E-state index in [2.05, 4.69) is 4.72 Å². The Morgan fingerprint density at radius 2 is 2.06 bits per heavy atom. The van der Waals surface area contributed by atoms with Gasteiger partial charge in [0.25, 0.3) is 0 Å². The zero-order chi connectivity index (χ0) is 12.9. The summed E-state index contributed by atoms with van der Waals surface area (Å²) < 4.78 is 31.3. The zero-order valence-electron chi connectivity index (χ0n) is 9.88. The van der Waals surface area contributed by atoms with E-state index < -0.39 is 10.0 Å². The van der Waals surface area contributed by atoms with E-state index >= 15 is 0 Å². The number of rotatable bonds is 6. The van der Waals surface area contributed by atoms with Gasteiger partial charge in [-0.05, 0) is 26.0 Å². The van der Waals surface area contributed by atoms with Gasteiger partial charge in [-0.1, -0.05) is 12.1 Å². The van der Waals surface area contributed by atoms with Crippen LogP contribution in [0.15, 0.2) is 29.2 Å². The minimum atomic E-state index is -3.68. The third-order valence-corrected chi connectivity index (χ3v) is 3.64. The van der Waals surface area contributed by atoms with Gasteiger partial charge >= 0.3 is 0 Å². The van der Waals surface area contributed by atoms with Gasteiger partial charge in [-0.15, -0.1) is 0 Å². The molecule has 0 saturated heterocycles. The Bertz CT molecular complexity index is 458. The fourth-order valence-corrected chi connectivity index (χ4v) is 2.54. The summed E-state index contributed by atoms with van der Waals surface area (Å²) in [6, 6.07) is 5.81.